The van der Waals surface area contributed by atoms with Gasteiger partial charge in [-0.15, -0.1) is 11.3 Å². The van der Waals surface area contributed by atoms with Crippen LogP contribution in [0.1, 0.15) is 42.2 Å². The predicted octanol–water partition coefficient (Wildman–Crippen LogP) is 3.16. The fourth-order valence-corrected chi connectivity index (χ4v) is 3.93. The van der Waals surface area contributed by atoms with Crippen molar-refractivity contribution in [1.82, 2.24) is 14.5 Å². The lowest BCUT2D eigenvalue weighted by Crippen LogP contribution is -2.26. The summed E-state index contributed by atoms with van der Waals surface area (Å²) in [5.41, 5.74) is 1.40. The van der Waals surface area contributed by atoms with Crippen LogP contribution in [0.3, 0.4) is 0 Å². The number of rotatable bonds is 6. The molecule has 3 heterocycles. The molecule has 1 N–H and O–H groups in total. The molecule has 0 fully saturated rings. The van der Waals surface area contributed by atoms with Crippen LogP contribution in [0.2, 0.25) is 0 Å². The highest BCUT2D eigenvalue weighted by atomic mass is 32.1. The second-order valence-corrected chi connectivity index (χ2v) is 7.47. The fraction of sp³-hybridized carbons (Fsp3) is 0.421. The van der Waals surface area contributed by atoms with Gasteiger partial charge in [0.25, 0.3) is 5.56 Å². The Bertz CT molecular complexity index is 1060. The average Bonchev–Trinajstić information content (AvgIpc) is 2.90. The number of ether oxygens (including phenoxy) is 1. The number of aryl methyl sites for hydroxylation is 3. The zero-order chi connectivity index (χ0) is 18.8. The van der Waals surface area contributed by atoms with Crippen molar-refractivity contribution in [3.8, 4) is 5.75 Å². The first-order valence-corrected chi connectivity index (χ1v) is 9.61. The van der Waals surface area contributed by atoms with Crippen LogP contribution in [0.5, 0.6) is 5.75 Å². The van der Waals surface area contributed by atoms with Crippen LogP contribution in [0, 0.1) is 13.8 Å². The maximum atomic E-state index is 13.1. The van der Waals surface area contributed by atoms with Crippen LogP contribution < -0.4 is 15.7 Å². The molecule has 3 rings (SSSR count). The molecular weight excluding hydrogens is 350 g/mol. The van der Waals surface area contributed by atoms with Crippen molar-refractivity contribution in [3.05, 3.63) is 54.8 Å². The molecule has 0 saturated heterocycles. The van der Waals surface area contributed by atoms with E-state index < -0.39 is 0 Å². The van der Waals surface area contributed by atoms with Gasteiger partial charge >= 0.3 is 0 Å². The van der Waals surface area contributed by atoms with Crippen molar-refractivity contribution in [1.29, 1.82) is 0 Å². The summed E-state index contributed by atoms with van der Waals surface area (Å²) in [4.78, 5) is 34.9. The second kappa shape index (κ2) is 7.45. The van der Waals surface area contributed by atoms with E-state index in [9.17, 15) is 9.59 Å². The minimum Gasteiger partial charge on any atom is -0.488 e. The molecule has 0 spiro atoms. The molecular formula is C19H23N3O3S. The lowest BCUT2D eigenvalue weighted by atomic mass is 10.2. The Morgan fingerprint density at radius 3 is 2.69 bits per heavy atom. The largest absolute Gasteiger partial charge is 0.488 e. The van der Waals surface area contributed by atoms with E-state index in [1.807, 2.05) is 27.7 Å². The first kappa shape index (κ1) is 18.4. The summed E-state index contributed by atoms with van der Waals surface area (Å²) in [6, 6.07) is 1.49. The van der Waals surface area contributed by atoms with Gasteiger partial charge in [0.1, 0.15) is 10.7 Å². The smallest absolute Gasteiger partial charge is 0.262 e. The number of nitrogens with zero attached hydrogens (tertiary/aromatic N) is 2. The Morgan fingerprint density at radius 2 is 2.04 bits per heavy atom. The lowest BCUT2D eigenvalue weighted by molar-refractivity contribution is 0.313. The van der Waals surface area contributed by atoms with E-state index in [2.05, 4.69) is 9.97 Å². The molecule has 0 aliphatic carbocycles. The minimum absolute atomic E-state index is 0.0548. The van der Waals surface area contributed by atoms with Gasteiger partial charge in [0.15, 0.2) is 5.75 Å². The molecule has 7 heteroatoms. The van der Waals surface area contributed by atoms with Gasteiger partial charge in [-0.25, -0.2) is 4.98 Å². The number of aromatic amines is 1. The normalized spacial score (nSPS) is 11.2. The summed E-state index contributed by atoms with van der Waals surface area (Å²) in [7, 11) is 0. The minimum atomic E-state index is -0.185. The van der Waals surface area contributed by atoms with Crippen molar-refractivity contribution in [2.45, 2.75) is 47.1 Å². The van der Waals surface area contributed by atoms with Crippen molar-refractivity contribution < 1.29 is 4.74 Å². The third kappa shape index (κ3) is 3.31. The van der Waals surface area contributed by atoms with E-state index in [0.29, 0.717) is 29.9 Å². The van der Waals surface area contributed by atoms with Gasteiger partial charge < -0.3 is 9.72 Å². The molecule has 0 unspecified atom stereocenters. The first-order valence-electron chi connectivity index (χ1n) is 8.80. The number of H-pyrrole nitrogens is 1. The molecule has 26 heavy (non-hydrogen) atoms. The molecule has 0 bridgehead atoms. The molecule has 0 saturated carbocycles. The Labute approximate surface area is 155 Å². The zero-order valence-corrected chi connectivity index (χ0v) is 16.3. The maximum Gasteiger partial charge on any atom is 0.262 e. The predicted molar refractivity (Wildman–Crippen MR) is 105 cm³/mol. The molecule has 0 amide bonds. The van der Waals surface area contributed by atoms with E-state index >= 15 is 0 Å². The summed E-state index contributed by atoms with van der Waals surface area (Å²) >= 11 is 1.55. The highest BCUT2D eigenvalue weighted by molar-refractivity contribution is 7.18. The molecule has 138 valence electrons. The van der Waals surface area contributed by atoms with Gasteiger partial charge in [-0.1, -0.05) is 13.8 Å². The molecule has 0 aliphatic heterocycles. The van der Waals surface area contributed by atoms with Gasteiger partial charge in [0.05, 0.1) is 18.5 Å². The van der Waals surface area contributed by atoms with Crippen LogP contribution in [0.4, 0.5) is 0 Å². The van der Waals surface area contributed by atoms with Gasteiger partial charge in [0, 0.05) is 29.3 Å². The summed E-state index contributed by atoms with van der Waals surface area (Å²) in [5.74, 6) is 1.02. The van der Waals surface area contributed by atoms with E-state index in [0.717, 1.165) is 27.5 Å². The number of aromatic nitrogens is 3. The molecule has 3 aromatic rings. The molecule has 3 aromatic heterocycles. The SMILES string of the molecule is CCCOc1c[nH]c(Cn2c(CC)nc3sc(C)c(C)c3c2=O)cc1=O. The Morgan fingerprint density at radius 1 is 1.27 bits per heavy atom. The van der Waals surface area contributed by atoms with E-state index in [4.69, 9.17) is 4.74 Å². The van der Waals surface area contributed by atoms with E-state index in [1.54, 1.807) is 22.1 Å². The topological polar surface area (TPSA) is 77.0 Å². The van der Waals surface area contributed by atoms with E-state index in [1.165, 1.54) is 6.07 Å². The van der Waals surface area contributed by atoms with Crippen LogP contribution in [-0.4, -0.2) is 21.1 Å². The lowest BCUT2D eigenvalue weighted by Gasteiger charge is -2.12. The summed E-state index contributed by atoms with van der Waals surface area (Å²) < 4.78 is 7.06. The van der Waals surface area contributed by atoms with Gasteiger partial charge in [-0.3, -0.25) is 14.2 Å². The zero-order valence-electron chi connectivity index (χ0n) is 15.5. The quantitative estimate of drug-likeness (QED) is 0.720. The Hall–Kier alpha value is -2.41. The molecule has 0 radical (unpaired) electrons. The van der Waals surface area contributed by atoms with Crippen molar-refractivity contribution in [3.63, 3.8) is 0 Å². The van der Waals surface area contributed by atoms with Crippen molar-refractivity contribution in [2.75, 3.05) is 6.61 Å². The number of pyridine rings is 1. The number of thiophene rings is 1. The number of hydrogen-bond acceptors (Lipinski definition) is 5. The third-order valence-corrected chi connectivity index (χ3v) is 5.51. The summed E-state index contributed by atoms with van der Waals surface area (Å²) in [6.45, 7) is 8.70. The maximum absolute atomic E-state index is 13.1. The number of hydrogen-bond donors (Lipinski definition) is 1. The monoisotopic (exact) mass is 373 g/mol. The molecule has 0 aromatic carbocycles. The molecule has 6 nitrogen and oxygen atoms in total. The van der Waals surface area contributed by atoms with Crippen LogP contribution in [-0.2, 0) is 13.0 Å². The van der Waals surface area contributed by atoms with Gasteiger partial charge in [0.2, 0.25) is 5.43 Å². The van der Waals surface area contributed by atoms with Gasteiger partial charge in [-0.2, -0.15) is 0 Å². The fourth-order valence-electron chi connectivity index (χ4n) is 2.89. The van der Waals surface area contributed by atoms with Gasteiger partial charge in [-0.05, 0) is 25.8 Å². The molecule has 0 aliphatic rings. The first-order chi connectivity index (χ1) is 12.5. The second-order valence-electron chi connectivity index (χ2n) is 6.27. The highest BCUT2D eigenvalue weighted by Crippen LogP contribution is 2.26. The van der Waals surface area contributed by atoms with Crippen molar-refractivity contribution >= 4 is 21.6 Å². The van der Waals surface area contributed by atoms with Crippen LogP contribution >= 0.6 is 11.3 Å². The third-order valence-electron chi connectivity index (χ3n) is 4.41. The summed E-state index contributed by atoms with van der Waals surface area (Å²) in [6.07, 6.45) is 3.04. The van der Waals surface area contributed by atoms with E-state index in [-0.39, 0.29) is 17.5 Å². The van der Waals surface area contributed by atoms with Crippen molar-refractivity contribution in [2.24, 2.45) is 0 Å². The van der Waals surface area contributed by atoms with Crippen LogP contribution in [0.25, 0.3) is 10.2 Å². The number of nitrogens with one attached hydrogen (secondary N) is 1. The highest BCUT2D eigenvalue weighted by Gasteiger charge is 2.16. The Kier molecular flexibility index (Phi) is 5.27. The summed E-state index contributed by atoms with van der Waals surface area (Å²) in [5, 5.41) is 0.676. The van der Waals surface area contributed by atoms with Crippen LogP contribution in [0.15, 0.2) is 21.9 Å². The Balaban J connectivity index is 2.04. The average molecular weight is 373 g/mol. The number of fused-ring (bicyclic) bond motifs is 1. The molecule has 0 atom stereocenters. The standard InChI is InChI=1S/C19H23N3O3S/c1-5-7-25-15-9-20-13(8-14(15)23)10-22-16(6-2)21-18-17(19(22)24)11(3)12(4)26-18/h8-9H,5-7,10H2,1-4H3,(H,20,23).